The van der Waals surface area contributed by atoms with Gasteiger partial charge in [-0.2, -0.15) is 4.98 Å². The standard InChI is InChI=1S/C16H15N3O2/c1-2-20-16-12(17)8-9-15(19-16)21-14-7-3-6-13-11(14)5-4-10-18-13/h3-10H,2,17H2,1H3. The molecule has 3 rings (SSSR count). The topological polar surface area (TPSA) is 70.3 Å². The first-order valence-electron chi connectivity index (χ1n) is 6.69. The van der Waals surface area contributed by atoms with Crippen molar-refractivity contribution >= 4 is 16.6 Å². The van der Waals surface area contributed by atoms with Crippen molar-refractivity contribution in [2.24, 2.45) is 0 Å². The summed E-state index contributed by atoms with van der Waals surface area (Å²) in [6, 6.07) is 13.0. The minimum absolute atomic E-state index is 0.383. The minimum atomic E-state index is 0.383. The molecule has 2 aromatic heterocycles. The van der Waals surface area contributed by atoms with Crippen LogP contribution in [-0.2, 0) is 0 Å². The van der Waals surface area contributed by atoms with Crippen LogP contribution in [0.2, 0.25) is 0 Å². The molecule has 5 heteroatoms. The van der Waals surface area contributed by atoms with Crippen molar-refractivity contribution in [3.63, 3.8) is 0 Å². The van der Waals surface area contributed by atoms with Gasteiger partial charge in [0.2, 0.25) is 11.8 Å². The number of nitrogens with zero attached hydrogens (tertiary/aromatic N) is 2. The van der Waals surface area contributed by atoms with Gasteiger partial charge in [0, 0.05) is 17.6 Å². The number of benzene rings is 1. The maximum atomic E-state index is 5.85. The van der Waals surface area contributed by atoms with Crippen molar-refractivity contribution in [2.45, 2.75) is 6.92 Å². The minimum Gasteiger partial charge on any atom is -0.476 e. The van der Waals surface area contributed by atoms with Crippen molar-refractivity contribution in [3.8, 4) is 17.5 Å². The summed E-state index contributed by atoms with van der Waals surface area (Å²) in [6.07, 6.45) is 1.75. The van der Waals surface area contributed by atoms with E-state index in [-0.39, 0.29) is 0 Å². The molecule has 0 amide bonds. The lowest BCUT2D eigenvalue weighted by atomic mass is 10.2. The number of rotatable bonds is 4. The van der Waals surface area contributed by atoms with Gasteiger partial charge in [0.1, 0.15) is 5.75 Å². The van der Waals surface area contributed by atoms with Crippen LogP contribution in [0.15, 0.2) is 48.7 Å². The van der Waals surface area contributed by atoms with Crippen LogP contribution in [0.3, 0.4) is 0 Å². The van der Waals surface area contributed by atoms with Crippen LogP contribution in [0.4, 0.5) is 5.69 Å². The second kappa shape index (κ2) is 5.66. The summed E-state index contributed by atoms with van der Waals surface area (Å²) in [5, 5.41) is 0.927. The van der Waals surface area contributed by atoms with Crippen LogP contribution in [0.25, 0.3) is 10.9 Å². The van der Waals surface area contributed by atoms with E-state index in [4.69, 9.17) is 15.2 Å². The Morgan fingerprint density at radius 2 is 2.00 bits per heavy atom. The fourth-order valence-corrected chi connectivity index (χ4v) is 2.02. The summed E-state index contributed by atoms with van der Waals surface area (Å²) in [5.41, 5.74) is 7.17. The first-order chi connectivity index (χ1) is 10.3. The molecule has 3 aromatic rings. The summed E-state index contributed by atoms with van der Waals surface area (Å²) in [4.78, 5) is 8.57. The molecular formula is C16H15N3O2. The molecule has 0 radical (unpaired) electrons. The quantitative estimate of drug-likeness (QED) is 0.793. The van der Waals surface area contributed by atoms with Gasteiger partial charge in [-0.3, -0.25) is 4.98 Å². The Hall–Kier alpha value is -2.82. The lowest BCUT2D eigenvalue weighted by Gasteiger charge is -2.10. The summed E-state index contributed by atoms with van der Waals surface area (Å²) < 4.78 is 11.2. The molecule has 0 aliphatic carbocycles. The third kappa shape index (κ3) is 2.72. The van der Waals surface area contributed by atoms with Gasteiger partial charge in [0.25, 0.3) is 0 Å². The number of hydrogen-bond donors (Lipinski definition) is 1. The van der Waals surface area contributed by atoms with Crippen LogP contribution in [0, 0.1) is 0 Å². The van der Waals surface area contributed by atoms with Gasteiger partial charge in [-0.1, -0.05) is 6.07 Å². The zero-order valence-electron chi connectivity index (χ0n) is 11.6. The molecule has 0 aliphatic heterocycles. The number of nitrogen functional groups attached to an aromatic ring is 1. The van der Waals surface area contributed by atoms with E-state index in [9.17, 15) is 0 Å². The number of nitrogens with two attached hydrogens (primary N) is 1. The van der Waals surface area contributed by atoms with Crippen molar-refractivity contribution < 1.29 is 9.47 Å². The monoisotopic (exact) mass is 281 g/mol. The molecule has 2 heterocycles. The lowest BCUT2D eigenvalue weighted by molar-refractivity contribution is 0.323. The maximum absolute atomic E-state index is 5.85. The number of pyridine rings is 2. The molecule has 21 heavy (non-hydrogen) atoms. The number of anilines is 1. The average molecular weight is 281 g/mol. The highest BCUT2D eigenvalue weighted by molar-refractivity contribution is 5.85. The van der Waals surface area contributed by atoms with Gasteiger partial charge in [-0.25, -0.2) is 0 Å². The van der Waals surface area contributed by atoms with E-state index < -0.39 is 0 Å². The Morgan fingerprint density at radius 3 is 2.86 bits per heavy atom. The van der Waals surface area contributed by atoms with Crippen molar-refractivity contribution in [1.82, 2.24) is 9.97 Å². The summed E-state index contributed by atoms with van der Waals surface area (Å²) in [5.74, 6) is 1.51. The highest BCUT2D eigenvalue weighted by Crippen LogP contribution is 2.30. The molecule has 1 aromatic carbocycles. The van der Waals surface area contributed by atoms with E-state index in [1.807, 2.05) is 37.3 Å². The molecule has 0 saturated heterocycles. The molecule has 5 nitrogen and oxygen atoms in total. The van der Waals surface area contributed by atoms with E-state index in [0.717, 1.165) is 10.9 Å². The van der Waals surface area contributed by atoms with E-state index in [2.05, 4.69) is 9.97 Å². The molecule has 106 valence electrons. The molecule has 0 unspecified atom stereocenters. The summed E-state index contributed by atoms with van der Waals surface area (Å²) in [7, 11) is 0. The highest BCUT2D eigenvalue weighted by Gasteiger charge is 2.08. The molecule has 0 bridgehead atoms. The normalized spacial score (nSPS) is 10.5. The molecule has 0 saturated carbocycles. The van der Waals surface area contributed by atoms with Gasteiger partial charge in [-0.15, -0.1) is 0 Å². The Morgan fingerprint density at radius 1 is 1.10 bits per heavy atom. The number of aromatic nitrogens is 2. The zero-order chi connectivity index (χ0) is 14.7. The van der Waals surface area contributed by atoms with Crippen LogP contribution in [-0.4, -0.2) is 16.6 Å². The maximum Gasteiger partial charge on any atom is 0.240 e. The first-order valence-corrected chi connectivity index (χ1v) is 6.69. The highest BCUT2D eigenvalue weighted by atomic mass is 16.5. The third-order valence-electron chi connectivity index (χ3n) is 2.97. The Kier molecular flexibility index (Phi) is 3.55. The third-order valence-corrected chi connectivity index (χ3v) is 2.97. The van der Waals surface area contributed by atoms with Gasteiger partial charge in [-0.05, 0) is 37.3 Å². The van der Waals surface area contributed by atoms with Gasteiger partial charge >= 0.3 is 0 Å². The Bertz CT molecular complexity index is 769. The molecular weight excluding hydrogens is 266 g/mol. The Labute approximate surface area is 122 Å². The van der Waals surface area contributed by atoms with E-state index >= 15 is 0 Å². The predicted molar refractivity (Wildman–Crippen MR) is 81.6 cm³/mol. The number of hydrogen-bond acceptors (Lipinski definition) is 5. The molecule has 0 aliphatic rings. The lowest BCUT2D eigenvalue weighted by Crippen LogP contribution is -2.00. The van der Waals surface area contributed by atoms with Crippen LogP contribution in [0.5, 0.6) is 17.5 Å². The van der Waals surface area contributed by atoms with Crippen molar-refractivity contribution in [1.29, 1.82) is 0 Å². The number of fused-ring (bicyclic) bond motifs is 1. The van der Waals surface area contributed by atoms with Gasteiger partial charge in [0.15, 0.2) is 0 Å². The van der Waals surface area contributed by atoms with Crippen LogP contribution < -0.4 is 15.2 Å². The van der Waals surface area contributed by atoms with Crippen molar-refractivity contribution in [3.05, 3.63) is 48.7 Å². The first kappa shape index (κ1) is 13.2. The van der Waals surface area contributed by atoms with Crippen LogP contribution >= 0.6 is 0 Å². The second-order valence-electron chi connectivity index (χ2n) is 4.41. The second-order valence-corrected chi connectivity index (χ2v) is 4.41. The van der Waals surface area contributed by atoms with Gasteiger partial charge in [0.05, 0.1) is 17.8 Å². The Balaban J connectivity index is 1.97. The number of ether oxygens (including phenoxy) is 2. The summed E-state index contributed by atoms with van der Waals surface area (Å²) >= 11 is 0. The average Bonchev–Trinajstić information content (AvgIpc) is 2.51. The SMILES string of the molecule is CCOc1nc(Oc2cccc3ncccc23)ccc1N. The fraction of sp³-hybridized carbons (Fsp3) is 0.125. The van der Waals surface area contributed by atoms with E-state index in [0.29, 0.717) is 29.8 Å². The van der Waals surface area contributed by atoms with Crippen molar-refractivity contribution in [2.75, 3.05) is 12.3 Å². The molecule has 0 fully saturated rings. The van der Waals surface area contributed by atoms with Gasteiger partial charge < -0.3 is 15.2 Å². The largest absolute Gasteiger partial charge is 0.476 e. The summed E-state index contributed by atoms with van der Waals surface area (Å²) in [6.45, 7) is 2.38. The predicted octanol–water partition coefficient (Wildman–Crippen LogP) is 3.40. The van der Waals surface area contributed by atoms with E-state index in [1.165, 1.54) is 0 Å². The molecule has 0 atom stereocenters. The van der Waals surface area contributed by atoms with E-state index in [1.54, 1.807) is 18.3 Å². The van der Waals surface area contributed by atoms with Crippen LogP contribution in [0.1, 0.15) is 6.92 Å². The fourth-order valence-electron chi connectivity index (χ4n) is 2.02. The zero-order valence-corrected chi connectivity index (χ0v) is 11.6. The molecule has 0 spiro atoms. The smallest absolute Gasteiger partial charge is 0.240 e. The molecule has 2 N–H and O–H groups in total.